The topological polar surface area (TPSA) is 69.5 Å². The highest BCUT2D eigenvalue weighted by Crippen LogP contribution is 2.41. The minimum atomic E-state index is -0.476. The van der Waals surface area contributed by atoms with E-state index in [9.17, 15) is 4.79 Å². The molecule has 5 rings (SSSR count). The van der Waals surface area contributed by atoms with E-state index in [1.165, 1.54) is 0 Å². The summed E-state index contributed by atoms with van der Waals surface area (Å²) in [7, 11) is 0. The molecule has 7 nitrogen and oxygen atoms in total. The first-order chi connectivity index (χ1) is 13.8. The molecule has 1 saturated carbocycles. The Balaban J connectivity index is 1.53. The minimum Gasteiger partial charge on any atom is -0.347 e. The summed E-state index contributed by atoms with van der Waals surface area (Å²) in [4.78, 5) is 20.5. The van der Waals surface area contributed by atoms with Gasteiger partial charge in [-0.05, 0) is 46.6 Å². The largest absolute Gasteiger partial charge is 0.347 e. The second-order valence-electron chi connectivity index (χ2n) is 9.64. The molecule has 3 aliphatic rings. The maximum atomic E-state index is 13.6. The molecule has 2 saturated heterocycles. The molecule has 156 valence electrons. The number of hydrogen-bond donors (Lipinski definition) is 0. The summed E-state index contributed by atoms with van der Waals surface area (Å²) >= 11 is 0. The molecule has 0 unspecified atom stereocenters. The molecule has 2 aromatic rings. The third-order valence-electron chi connectivity index (χ3n) is 6.32. The maximum absolute atomic E-state index is 13.6. The number of aromatic nitrogens is 3. The van der Waals surface area contributed by atoms with Crippen molar-refractivity contribution in [2.45, 2.75) is 70.6 Å². The molecule has 29 heavy (non-hydrogen) atoms. The van der Waals surface area contributed by atoms with Crippen molar-refractivity contribution in [3.63, 3.8) is 0 Å². The van der Waals surface area contributed by atoms with Gasteiger partial charge in [-0.2, -0.15) is 5.10 Å². The van der Waals surface area contributed by atoms with Gasteiger partial charge in [0.15, 0.2) is 11.4 Å². The number of amides is 1. The van der Waals surface area contributed by atoms with Gasteiger partial charge in [0.25, 0.3) is 5.91 Å². The highest BCUT2D eigenvalue weighted by Gasteiger charge is 2.41. The normalized spacial score (nSPS) is 22.0. The second kappa shape index (κ2) is 6.51. The lowest BCUT2D eigenvalue weighted by atomic mass is 10.0. The predicted octanol–water partition coefficient (Wildman–Crippen LogP) is 3.35. The monoisotopic (exact) mass is 398 g/mol. The van der Waals surface area contributed by atoms with Gasteiger partial charge >= 0.3 is 0 Å². The van der Waals surface area contributed by atoms with Crippen LogP contribution in [0.25, 0.3) is 11.0 Å². The van der Waals surface area contributed by atoms with E-state index in [1.807, 2.05) is 22.6 Å². The van der Waals surface area contributed by atoms with Crippen molar-refractivity contribution < 1.29 is 14.3 Å². The zero-order valence-corrected chi connectivity index (χ0v) is 17.8. The van der Waals surface area contributed by atoms with Crippen LogP contribution in [0.4, 0.5) is 0 Å². The Morgan fingerprint density at radius 3 is 2.41 bits per heavy atom. The summed E-state index contributed by atoms with van der Waals surface area (Å²) in [6, 6.07) is 2.02. The van der Waals surface area contributed by atoms with Crippen molar-refractivity contribution in [3.05, 3.63) is 23.0 Å². The lowest BCUT2D eigenvalue weighted by Gasteiger charge is -2.37. The molecule has 3 fully saturated rings. The number of hydrogen-bond acceptors (Lipinski definition) is 5. The first-order valence-corrected chi connectivity index (χ1v) is 10.8. The van der Waals surface area contributed by atoms with Crippen molar-refractivity contribution in [2.75, 3.05) is 26.3 Å². The van der Waals surface area contributed by atoms with E-state index in [4.69, 9.17) is 19.6 Å². The number of nitrogens with zero attached hydrogens (tertiary/aromatic N) is 4. The van der Waals surface area contributed by atoms with Gasteiger partial charge in [-0.1, -0.05) is 0 Å². The third-order valence-corrected chi connectivity index (χ3v) is 6.32. The SMILES string of the molecule is Cc1nn(C(C)(C)C)c2nc(C3CC3)cc(C(=O)N3CCC4(CC3)OCCO4)c12. The standard InChI is InChI=1S/C22H30N4O3/c1-14-18-16(20(27)25-9-7-22(8-10-25)28-11-12-29-22)13-17(15-5-6-15)23-19(18)26(24-14)21(2,3)4/h13,15H,5-12H2,1-4H3. The number of ether oxygens (including phenoxy) is 2. The first kappa shape index (κ1) is 19.0. The summed E-state index contributed by atoms with van der Waals surface area (Å²) in [6.45, 7) is 10.9. The van der Waals surface area contributed by atoms with Gasteiger partial charge in [0, 0.05) is 37.5 Å². The van der Waals surface area contributed by atoms with Crippen LogP contribution in [0.5, 0.6) is 0 Å². The molecule has 0 atom stereocenters. The van der Waals surface area contributed by atoms with Crippen LogP contribution in [-0.4, -0.2) is 57.7 Å². The third kappa shape index (κ3) is 3.24. The predicted molar refractivity (Wildman–Crippen MR) is 109 cm³/mol. The zero-order valence-electron chi connectivity index (χ0n) is 17.8. The summed E-state index contributed by atoms with van der Waals surface area (Å²) in [6.07, 6.45) is 3.75. The van der Waals surface area contributed by atoms with Crippen LogP contribution < -0.4 is 0 Å². The molecular formula is C22H30N4O3. The fraction of sp³-hybridized carbons (Fsp3) is 0.682. The number of carbonyl (C=O) groups is 1. The molecule has 7 heteroatoms. The Kier molecular flexibility index (Phi) is 4.26. The number of piperidine rings is 1. The van der Waals surface area contributed by atoms with Crippen molar-refractivity contribution in [3.8, 4) is 0 Å². The Morgan fingerprint density at radius 1 is 1.17 bits per heavy atom. The fourth-order valence-electron chi connectivity index (χ4n) is 4.54. The van der Waals surface area contributed by atoms with Gasteiger partial charge in [0.1, 0.15) is 0 Å². The molecule has 0 bridgehead atoms. The Morgan fingerprint density at radius 2 is 1.83 bits per heavy atom. The number of rotatable bonds is 2. The maximum Gasteiger partial charge on any atom is 0.254 e. The van der Waals surface area contributed by atoms with E-state index >= 15 is 0 Å². The van der Waals surface area contributed by atoms with Crippen LogP contribution in [0.15, 0.2) is 6.07 Å². The van der Waals surface area contributed by atoms with Crippen LogP contribution in [0.2, 0.25) is 0 Å². The van der Waals surface area contributed by atoms with E-state index in [0.29, 0.717) is 32.2 Å². The molecule has 1 aliphatic carbocycles. The molecule has 1 amide bonds. The second-order valence-corrected chi connectivity index (χ2v) is 9.64. The number of aryl methyl sites for hydroxylation is 1. The van der Waals surface area contributed by atoms with Crippen LogP contribution in [-0.2, 0) is 15.0 Å². The minimum absolute atomic E-state index is 0.0729. The van der Waals surface area contributed by atoms with Crippen molar-refractivity contribution in [1.82, 2.24) is 19.7 Å². The molecule has 2 aromatic heterocycles. The van der Waals surface area contributed by atoms with Gasteiger partial charge < -0.3 is 14.4 Å². The van der Waals surface area contributed by atoms with E-state index in [-0.39, 0.29) is 11.4 Å². The lowest BCUT2D eigenvalue weighted by Crippen LogP contribution is -2.47. The number of fused-ring (bicyclic) bond motifs is 1. The van der Waals surface area contributed by atoms with Gasteiger partial charge in [0.05, 0.1) is 35.4 Å². The van der Waals surface area contributed by atoms with Gasteiger partial charge in [-0.15, -0.1) is 0 Å². The van der Waals surface area contributed by atoms with Crippen molar-refractivity contribution >= 4 is 16.9 Å². The average Bonchev–Trinajstić information content (AvgIpc) is 3.35. The highest BCUT2D eigenvalue weighted by molar-refractivity contribution is 6.06. The highest BCUT2D eigenvalue weighted by atomic mass is 16.7. The molecule has 1 spiro atoms. The van der Waals surface area contributed by atoms with Crippen LogP contribution in [0.3, 0.4) is 0 Å². The lowest BCUT2D eigenvalue weighted by molar-refractivity contribution is -0.181. The Hall–Kier alpha value is -1.99. The quantitative estimate of drug-likeness (QED) is 0.776. The van der Waals surface area contributed by atoms with E-state index in [0.717, 1.165) is 53.7 Å². The van der Waals surface area contributed by atoms with E-state index in [1.54, 1.807) is 0 Å². The summed E-state index contributed by atoms with van der Waals surface area (Å²) < 4.78 is 13.6. The molecule has 0 N–H and O–H groups in total. The van der Waals surface area contributed by atoms with Crippen molar-refractivity contribution in [1.29, 1.82) is 0 Å². The number of likely N-dealkylation sites (tertiary alicyclic amines) is 1. The summed E-state index contributed by atoms with van der Waals surface area (Å²) in [5, 5.41) is 5.66. The smallest absolute Gasteiger partial charge is 0.254 e. The number of carbonyl (C=O) groups excluding carboxylic acids is 1. The Labute approximate surface area is 171 Å². The van der Waals surface area contributed by atoms with E-state index in [2.05, 4.69) is 20.8 Å². The molecule has 2 aliphatic heterocycles. The molecular weight excluding hydrogens is 368 g/mol. The van der Waals surface area contributed by atoms with Gasteiger partial charge in [-0.25, -0.2) is 9.67 Å². The summed E-state index contributed by atoms with van der Waals surface area (Å²) in [5.74, 6) is 0.0690. The van der Waals surface area contributed by atoms with Gasteiger partial charge in [-0.3, -0.25) is 4.79 Å². The molecule has 0 radical (unpaired) electrons. The average molecular weight is 399 g/mol. The van der Waals surface area contributed by atoms with Crippen LogP contribution >= 0.6 is 0 Å². The fourth-order valence-corrected chi connectivity index (χ4v) is 4.54. The summed E-state index contributed by atoms with van der Waals surface area (Å²) in [5.41, 5.74) is 3.27. The molecule has 4 heterocycles. The number of pyridine rings is 1. The van der Waals surface area contributed by atoms with Gasteiger partial charge in [0.2, 0.25) is 0 Å². The molecule has 0 aromatic carbocycles. The Bertz CT molecular complexity index is 955. The van der Waals surface area contributed by atoms with Crippen molar-refractivity contribution in [2.24, 2.45) is 0 Å². The first-order valence-electron chi connectivity index (χ1n) is 10.8. The van der Waals surface area contributed by atoms with E-state index < -0.39 is 5.79 Å². The zero-order chi connectivity index (χ0) is 20.4. The van der Waals surface area contributed by atoms with Crippen LogP contribution in [0, 0.1) is 6.92 Å². The van der Waals surface area contributed by atoms with Crippen LogP contribution in [0.1, 0.15) is 74.1 Å².